The molecule has 33 heavy (non-hydrogen) atoms. The van der Waals surface area contributed by atoms with E-state index in [2.05, 4.69) is 21.2 Å². The summed E-state index contributed by atoms with van der Waals surface area (Å²) >= 11 is 5.84. The summed E-state index contributed by atoms with van der Waals surface area (Å²) in [6.07, 6.45) is 1.16. The molecule has 0 aliphatic rings. The molecule has 0 saturated heterocycles. The summed E-state index contributed by atoms with van der Waals surface area (Å²) in [5, 5.41) is 19.3. The Morgan fingerprint density at radius 1 is 0.939 bits per heavy atom. The zero-order valence-electron chi connectivity index (χ0n) is 17.3. The van der Waals surface area contributed by atoms with Gasteiger partial charge in [0, 0.05) is 16.3 Å². The number of nitrogens with one attached hydrogen (secondary N) is 3. The number of methoxy groups -OCH3 is 1. The summed E-state index contributed by atoms with van der Waals surface area (Å²) in [5.74, 6) is -2.52. The molecule has 3 rings (SSSR count). The van der Waals surface area contributed by atoms with E-state index in [0.29, 0.717) is 10.7 Å². The quantitative estimate of drug-likeness (QED) is 0.251. The van der Waals surface area contributed by atoms with Crippen LogP contribution in [0.5, 0.6) is 11.5 Å². The van der Waals surface area contributed by atoms with Crippen molar-refractivity contribution in [2.75, 3.05) is 17.7 Å². The van der Waals surface area contributed by atoms with Gasteiger partial charge in [-0.25, -0.2) is 5.43 Å². The molecule has 3 amide bonds. The molecule has 168 valence electrons. The molecule has 0 spiro atoms. The minimum absolute atomic E-state index is 0.138. The number of hydrazone groups is 1. The van der Waals surface area contributed by atoms with Crippen LogP contribution in [-0.4, -0.2) is 36.2 Å². The first-order chi connectivity index (χ1) is 15.9. The Balaban J connectivity index is 1.65. The third kappa shape index (κ3) is 6.08. The molecule has 0 aliphatic carbocycles. The van der Waals surface area contributed by atoms with Gasteiger partial charge in [-0.15, -0.1) is 0 Å². The largest absolute Gasteiger partial charge is 0.504 e. The van der Waals surface area contributed by atoms with Crippen LogP contribution >= 0.6 is 11.6 Å². The maximum absolute atomic E-state index is 12.6. The van der Waals surface area contributed by atoms with Crippen LogP contribution in [0.2, 0.25) is 5.02 Å². The van der Waals surface area contributed by atoms with Crippen LogP contribution in [0.3, 0.4) is 0 Å². The number of benzene rings is 3. The fourth-order valence-electron chi connectivity index (χ4n) is 2.72. The zero-order chi connectivity index (χ0) is 23.8. The van der Waals surface area contributed by atoms with Gasteiger partial charge in [0.1, 0.15) is 0 Å². The number of carbonyl (C=O) groups is 3. The van der Waals surface area contributed by atoms with Gasteiger partial charge in [0.25, 0.3) is 5.91 Å². The second-order valence-electron chi connectivity index (χ2n) is 6.56. The minimum atomic E-state index is -1.07. The van der Waals surface area contributed by atoms with E-state index < -0.39 is 17.7 Å². The molecule has 0 saturated carbocycles. The van der Waals surface area contributed by atoms with E-state index in [1.165, 1.54) is 19.2 Å². The van der Waals surface area contributed by atoms with Crippen molar-refractivity contribution in [3.63, 3.8) is 0 Å². The Kier molecular flexibility index (Phi) is 7.61. The Morgan fingerprint density at radius 2 is 1.67 bits per heavy atom. The van der Waals surface area contributed by atoms with E-state index in [-0.39, 0.29) is 28.3 Å². The number of anilines is 2. The number of amides is 3. The number of hydrogen-bond donors (Lipinski definition) is 4. The van der Waals surface area contributed by atoms with Gasteiger partial charge >= 0.3 is 11.8 Å². The van der Waals surface area contributed by atoms with Crippen LogP contribution in [0.4, 0.5) is 11.4 Å². The van der Waals surface area contributed by atoms with Crippen molar-refractivity contribution in [1.82, 2.24) is 5.43 Å². The number of halogens is 1. The van der Waals surface area contributed by atoms with Crippen molar-refractivity contribution in [3.05, 3.63) is 82.9 Å². The smallest absolute Gasteiger partial charge is 0.329 e. The number of para-hydroxylation sites is 2. The number of rotatable bonds is 6. The Hall–Kier alpha value is -4.37. The topological polar surface area (TPSA) is 129 Å². The monoisotopic (exact) mass is 466 g/mol. The number of carbonyl (C=O) groups excluding carboxylic acids is 3. The van der Waals surface area contributed by atoms with Gasteiger partial charge in [0.15, 0.2) is 11.5 Å². The summed E-state index contributed by atoms with van der Waals surface area (Å²) in [6.45, 7) is 0. The van der Waals surface area contributed by atoms with Crippen LogP contribution < -0.4 is 20.8 Å². The number of ether oxygens (including phenoxy) is 1. The summed E-state index contributed by atoms with van der Waals surface area (Å²) in [6, 6.07) is 17.5. The van der Waals surface area contributed by atoms with Crippen LogP contribution in [0.15, 0.2) is 71.8 Å². The van der Waals surface area contributed by atoms with Crippen molar-refractivity contribution in [2.24, 2.45) is 5.10 Å². The molecule has 0 aliphatic heterocycles. The summed E-state index contributed by atoms with van der Waals surface area (Å²) in [5.41, 5.74) is 3.14. The Bertz CT molecular complexity index is 1210. The number of aromatic hydroxyl groups is 1. The first kappa shape index (κ1) is 23.3. The molecule has 3 aromatic carbocycles. The van der Waals surface area contributed by atoms with Crippen LogP contribution in [0.25, 0.3) is 0 Å². The molecule has 0 unspecified atom stereocenters. The van der Waals surface area contributed by atoms with Gasteiger partial charge in [-0.1, -0.05) is 29.8 Å². The minimum Gasteiger partial charge on any atom is -0.504 e. The molecule has 0 aromatic heterocycles. The molecule has 0 heterocycles. The molecule has 3 aromatic rings. The maximum atomic E-state index is 12.6. The second kappa shape index (κ2) is 10.8. The van der Waals surface area contributed by atoms with E-state index in [9.17, 15) is 19.5 Å². The fraction of sp³-hybridized carbons (Fsp3) is 0.0435. The highest BCUT2D eigenvalue weighted by Crippen LogP contribution is 2.27. The van der Waals surface area contributed by atoms with Gasteiger partial charge in [0.2, 0.25) is 0 Å². The highest BCUT2D eigenvalue weighted by molar-refractivity contribution is 6.40. The lowest BCUT2D eigenvalue weighted by Crippen LogP contribution is -2.33. The molecule has 4 N–H and O–H groups in total. The average Bonchev–Trinajstić information content (AvgIpc) is 2.81. The van der Waals surface area contributed by atoms with Crippen molar-refractivity contribution in [2.45, 2.75) is 0 Å². The summed E-state index contributed by atoms with van der Waals surface area (Å²) in [7, 11) is 1.40. The number of nitrogens with zero attached hydrogens (tertiary/aromatic N) is 1. The van der Waals surface area contributed by atoms with Crippen molar-refractivity contribution < 1.29 is 24.2 Å². The predicted octanol–water partition coefficient (Wildman–Crippen LogP) is 3.40. The van der Waals surface area contributed by atoms with Gasteiger partial charge in [-0.2, -0.15) is 5.10 Å². The SMILES string of the molecule is COc1cccc(/C=N/NC(=O)C(=O)Nc2ccccc2C(=O)Nc2ccc(Cl)cc2)c1O. The lowest BCUT2D eigenvalue weighted by molar-refractivity contribution is -0.136. The molecular weight excluding hydrogens is 448 g/mol. The fourth-order valence-corrected chi connectivity index (χ4v) is 2.85. The average molecular weight is 467 g/mol. The number of hydrogen-bond acceptors (Lipinski definition) is 6. The van der Waals surface area contributed by atoms with E-state index in [0.717, 1.165) is 6.21 Å². The molecule has 9 nitrogen and oxygen atoms in total. The molecule has 0 atom stereocenters. The number of phenolic OH excluding ortho intramolecular Hbond substituents is 1. The van der Waals surface area contributed by atoms with E-state index in [4.69, 9.17) is 16.3 Å². The molecule has 0 fully saturated rings. The van der Waals surface area contributed by atoms with Crippen LogP contribution in [0.1, 0.15) is 15.9 Å². The van der Waals surface area contributed by atoms with Crippen LogP contribution in [0, 0.1) is 0 Å². The predicted molar refractivity (Wildman–Crippen MR) is 125 cm³/mol. The van der Waals surface area contributed by atoms with E-state index >= 15 is 0 Å². The van der Waals surface area contributed by atoms with Gasteiger partial charge < -0.3 is 20.5 Å². The zero-order valence-corrected chi connectivity index (χ0v) is 18.1. The third-order valence-corrected chi connectivity index (χ3v) is 4.60. The number of phenols is 1. The highest BCUT2D eigenvalue weighted by atomic mass is 35.5. The van der Waals surface area contributed by atoms with E-state index in [1.807, 2.05) is 0 Å². The first-order valence-corrected chi connectivity index (χ1v) is 9.93. The standard InChI is InChI=1S/C23H19ClN4O5/c1-33-19-8-4-5-14(20(19)29)13-25-28-23(32)22(31)27-18-7-3-2-6-17(18)21(30)26-16-11-9-15(24)10-12-16/h2-13,29H,1H3,(H,26,30)(H,27,31)(H,28,32)/b25-13+. The lowest BCUT2D eigenvalue weighted by atomic mass is 10.1. The van der Waals surface area contributed by atoms with Crippen molar-refractivity contribution >= 4 is 46.9 Å². The molecule has 10 heteroatoms. The van der Waals surface area contributed by atoms with Gasteiger partial charge in [0.05, 0.1) is 24.6 Å². The second-order valence-corrected chi connectivity index (χ2v) is 6.99. The van der Waals surface area contributed by atoms with E-state index in [1.54, 1.807) is 54.6 Å². The van der Waals surface area contributed by atoms with Crippen molar-refractivity contribution in [3.8, 4) is 11.5 Å². The normalized spacial score (nSPS) is 10.5. The van der Waals surface area contributed by atoms with Crippen molar-refractivity contribution in [1.29, 1.82) is 0 Å². The highest BCUT2D eigenvalue weighted by Gasteiger charge is 2.18. The molecule has 0 bridgehead atoms. The first-order valence-electron chi connectivity index (χ1n) is 9.55. The van der Waals surface area contributed by atoms with Crippen LogP contribution in [-0.2, 0) is 9.59 Å². The van der Waals surface area contributed by atoms with Gasteiger partial charge in [-0.05, 0) is 48.5 Å². The Morgan fingerprint density at radius 3 is 2.39 bits per heavy atom. The summed E-state index contributed by atoms with van der Waals surface area (Å²) < 4.78 is 4.99. The lowest BCUT2D eigenvalue weighted by Gasteiger charge is -2.11. The Labute approximate surface area is 194 Å². The molecular formula is C23H19ClN4O5. The third-order valence-electron chi connectivity index (χ3n) is 4.35. The molecule has 0 radical (unpaired) electrons. The van der Waals surface area contributed by atoms with Gasteiger partial charge in [-0.3, -0.25) is 14.4 Å². The maximum Gasteiger partial charge on any atom is 0.329 e. The summed E-state index contributed by atoms with van der Waals surface area (Å²) in [4.78, 5) is 37.0.